The van der Waals surface area contributed by atoms with Gasteiger partial charge in [-0.25, -0.2) is 0 Å². The van der Waals surface area contributed by atoms with Gasteiger partial charge in [-0.1, -0.05) is 25.6 Å². The minimum atomic E-state index is -2.53. The fourth-order valence-electron chi connectivity index (χ4n) is 6.66. The van der Waals surface area contributed by atoms with E-state index >= 15 is 0 Å². The maximum atomic E-state index is 13.0. The van der Waals surface area contributed by atoms with E-state index in [4.69, 9.17) is 0 Å². The molecule has 5 atom stereocenters. The maximum absolute atomic E-state index is 13.0. The lowest BCUT2D eigenvalue weighted by molar-refractivity contribution is -0.132. The average Bonchev–Trinajstić information content (AvgIpc) is 2.86. The average molecular weight is 368 g/mol. The van der Waals surface area contributed by atoms with Gasteiger partial charge < -0.3 is 0 Å². The first-order valence-electron chi connectivity index (χ1n) is 9.52. The third-order valence-corrected chi connectivity index (χ3v) is 8.88. The van der Waals surface area contributed by atoms with Gasteiger partial charge in [0.05, 0.1) is 4.91 Å². The summed E-state index contributed by atoms with van der Waals surface area (Å²) in [4.78, 5) is 25.1. The lowest BCUT2D eigenvalue weighted by Crippen LogP contribution is -2.51. The summed E-state index contributed by atoms with van der Waals surface area (Å²) in [5.74, 6) is -0.816. The van der Waals surface area contributed by atoms with Crippen LogP contribution in [-0.4, -0.2) is 17.3 Å². The van der Waals surface area contributed by atoms with Gasteiger partial charge in [-0.2, -0.15) is 8.78 Å². The Kier molecular flexibility index (Phi) is 4.17. The SMILES string of the molecule is C[C@]12CCC(=O)C(SC(F)F)=C1CC[C@@H]1[C@H]2CC[C@]2(C)C(=O)CC[C@@H]12. The molecule has 2 nitrogen and oxygen atoms in total. The summed E-state index contributed by atoms with van der Waals surface area (Å²) >= 11 is 0.469. The summed E-state index contributed by atoms with van der Waals surface area (Å²) in [5, 5.41) is 0. The van der Waals surface area contributed by atoms with Crippen LogP contribution in [0, 0.1) is 28.6 Å². The highest BCUT2D eigenvalue weighted by molar-refractivity contribution is 8.04. The van der Waals surface area contributed by atoms with Crippen molar-refractivity contribution in [2.24, 2.45) is 28.6 Å². The molecule has 5 heteroatoms. The van der Waals surface area contributed by atoms with E-state index in [-0.39, 0.29) is 16.6 Å². The Morgan fingerprint density at radius 3 is 2.40 bits per heavy atom. The van der Waals surface area contributed by atoms with Gasteiger partial charge in [-0.05, 0) is 67.3 Å². The van der Waals surface area contributed by atoms with Crippen LogP contribution in [0.25, 0.3) is 0 Å². The molecule has 138 valence electrons. The molecule has 3 fully saturated rings. The Hall–Kier alpha value is -0.710. The molecule has 4 rings (SSSR count). The van der Waals surface area contributed by atoms with Gasteiger partial charge in [0.15, 0.2) is 5.78 Å². The molecular formula is C20H26F2O2S. The van der Waals surface area contributed by atoms with E-state index in [0.29, 0.717) is 53.0 Å². The molecule has 4 aliphatic rings. The van der Waals surface area contributed by atoms with Gasteiger partial charge in [0, 0.05) is 18.3 Å². The van der Waals surface area contributed by atoms with Gasteiger partial charge >= 0.3 is 0 Å². The zero-order chi connectivity index (χ0) is 18.0. The third-order valence-electron chi connectivity index (χ3n) is 7.99. The summed E-state index contributed by atoms with van der Waals surface area (Å²) in [6, 6.07) is 0. The molecule has 0 unspecified atom stereocenters. The normalized spacial score (nSPS) is 44.0. The van der Waals surface area contributed by atoms with Gasteiger partial charge in [-0.15, -0.1) is 0 Å². The van der Waals surface area contributed by atoms with Crippen molar-refractivity contribution in [3.63, 3.8) is 0 Å². The molecule has 0 aromatic heterocycles. The maximum Gasteiger partial charge on any atom is 0.289 e. The van der Waals surface area contributed by atoms with E-state index < -0.39 is 5.76 Å². The summed E-state index contributed by atoms with van der Waals surface area (Å²) < 4.78 is 26.0. The lowest BCUT2D eigenvalue weighted by atomic mass is 9.47. The first-order valence-corrected chi connectivity index (χ1v) is 10.4. The van der Waals surface area contributed by atoms with Gasteiger partial charge in [0.1, 0.15) is 5.78 Å². The Labute approximate surface area is 152 Å². The summed E-state index contributed by atoms with van der Waals surface area (Å²) in [5.41, 5.74) is 0.702. The summed E-state index contributed by atoms with van der Waals surface area (Å²) in [6.45, 7) is 4.36. The van der Waals surface area contributed by atoms with Crippen molar-refractivity contribution >= 4 is 23.3 Å². The molecule has 0 aromatic carbocycles. The molecule has 25 heavy (non-hydrogen) atoms. The van der Waals surface area contributed by atoms with E-state index in [1.54, 1.807) is 0 Å². The number of rotatable bonds is 2. The topological polar surface area (TPSA) is 34.1 Å². The first-order chi connectivity index (χ1) is 11.8. The van der Waals surface area contributed by atoms with Crippen LogP contribution in [0.3, 0.4) is 0 Å². The second kappa shape index (κ2) is 5.90. The predicted octanol–water partition coefficient (Wildman–Crippen LogP) is 5.37. The largest absolute Gasteiger partial charge is 0.299 e. The molecule has 0 heterocycles. The number of ketones is 2. The number of fused-ring (bicyclic) bond motifs is 5. The molecule has 0 N–H and O–H groups in total. The summed E-state index contributed by atoms with van der Waals surface area (Å²) in [6.07, 6.45) is 6.48. The standard InChI is InChI=1S/C20H26F2O2S/c1-19-10-8-15(23)17(25-18(21)22)14(19)4-3-11-12-5-6-16(24)20(12,2)9-7-13(11)19/h11-13,18H,3-10H2,1-2H3/t11-,12-,13+,19+,20-/m0/s1. The molecule has 0 aromatic rings. The third kappa shape index (κ3) is 2.48. The van der Waals surface area contributed by atoms with Crippen LogP contribution in [-0.2, 0) is 9.59 Å². The van der Waals surface area contributed by atoms with Crippen LogP contribution in [0.4, 0.5) is 8.78 Å². The molecule has 0 bridgehead atoms. The minimum absolute atomic E-state index is 0.0899. The molecule has 3 saturated carbocycles. The van der Waals surface area contributed by atoms with Crippen molar-refractivity contribution in [3.8, 4) is 0 Å². The zero-order valence-corrected chi connectivity index (χ0v) is 15.8. The number of allylic oxidation sites excluding steroid dienone is 1. The number of carbonyl (C=O) groups excluding carboxylic acids is 2. The smallest absolute Gasteiger partial charge is 0.289 e. The highest BCUT2D eigenvalue weighted by Crippen LogP contribution is 2.65. The Balaban J connectivity index is 1.71. The van der Waals surface area contributed by atoms with Gasteiger partial charge in [0.2, 0.25) is 0 Å². The number of carbonyl (C=O) groups is 2. The monoisotopic (exact) mass is 368 g/mol. The van der Waals surface area contributed by atoms with Crippen LogP contribution < -0.4 is 0 Å². The van der Waals surface area contributed by atoms with Crippen molar-refractivity contribution in [3.05, 3.63) is 10.5 Å². The zero-order valence-electron chi connectivity index (χ0n) is 14.9. The highest BCUT2D eigenvalue weighted by Gasteiger charge is 2.59. The predicted molar refractivity (Wildman–Crippen MR) is 94.3 cm³/mol. The molecule has 0 spiro atoms. The van der Waals surface area contributed by atoms with Gasteiger partial charge in [0.25, 0.3) is 5.76 Å². The second-order valence-electron chi connectivity index (χ2n) is 8.86. The van der Waals surface area contributed by atoms with Crippen molar-refractivity contribution in [1.82, 2.24) is 0 Å². The number of Topliss-reactive ketones (excluding diaryl/α,β-unsaturated/α-hetero) is 2. The lowest BCUT2D eigenvalue weighted by Gasteiger charge is -2.57. The van der Waals surface area contributed by atoms with E-state index in [0.717, 1.165) is 44.1 Å². The molecule has 0 saturated heterocycles. The fraction of sp³-hybridized carbons (Fsp3) is 0.800. The van der Waals surface area contributed by atoms with Gasteiger partial charge in [-0.3, -0.25) is 9.59 Å². The van der Waals surface area contributed by atoms with Crippen LogP contribution >= 0.6 is 11.8 Å². The number of thioether (sulfide) groups is 1. The molecule has 0 aliphatic heterocycles. The fourth-order valence-corrected chi connectivity index (χ4v) is 7.55. The summed E-state index contributed by atoms with van der Waals surface area (Å²) in [7, 11) is 0. The van der Waals surface area contributed by atoms with Crippen molar-refractivity contribution in [1.29, 1.82) is 0 Å². The van der Waals surface area contributed by atoms with E-state index in [9.17, 15) is 18.4 Å². The van der Waals surface area contributed by atoms with Crippen LogP contribution in [0.1, 0.15) is 65.2 Å². The Morgan fingerprint density at radius 1 is 0.960 bits per heavy atom. The number of alkyl halides is 2. The quantitative estimate of drug-likeness (QED) is 0.657. The molecule has 0 radical (unpaired) electrons. The number of hydrogen-bond donors (Lipinski definition) is 0. The Bertz CT molecular complexity index is 658. The van der Waals surface area contributed by atoms with Crippen molar-refractivity contribution < 1.29 is 18.4 Å². The van der Waals surface area contributed by atoms with Crippen molar-refractivity contribution in [2.75, 3.05) is 0 Å². The first kappa shape index (κ1) is 17.7. The highest BCUT2D eigenvalue weighted by atomic mass is 32.2. The van der Waals surface area contributed by atoms with Crippen LogP contribution in [0.15, 0.2) is 10.5 Å². The van der Waals surface area contributed by atoms with E-state index in [1.807, 2.05) is 0 Å². The van der Waals surface area contributed by atoms with E-state index in [1.165, 1.54) is 0 Å². The van der Waals surface area contributed by atoms with E-state index in [2.05, 4.69) is 13.8 Å². The molecule has 0 amide bonds. The minimum Gasteiger partial charge on any atom is -0.299 e. The Morgan fingerprint density at radius 2 is 1.68 bits per heavy atom. The number of hydrogen-bond acceptors (Lipinski definition) is 3. The number of halogens is 2. The second-order valence-corrected chi connectivity index (χ2v) is 9.86. The van der Waals surface area contributed by atoms with Crippen molar-refractivity contribution in [2.45, 2.75) is 71.0 Å². The van der Waals surface area contributed by atoms with Crippen LogP contribution in [0.2, 0.25) is 0 Å². The van der Waals surface area contributed by atoms with Crippen LogP contribution in [0.5, 0.6) is 0 Å². The molecule has 4 aliphatic carbocycles. The molecular weight excluding hydrogens is 342 g/mol.